The van der Waals surface area contributed by atoms with Gasteiger partial charge in [0.15, 0.2) is 11.6 Å². The molecule has 5 heteroatoms. The maximum atomic E-state index is 13.6. The maximum absolute atomic E-state index is 13.6. The van der Waals surface area contributed by atoms with Crippen LogP contribution in [0, 0.1) is 5.82 Å². The molecule has 1 heterocycles. The molecule has 0 bridgehead atoms. The summed E-state index contributed by atoms with van der Waals surface area (Å²) in [5, 5.41) is 7.76. The maximum Gasteiger partial charge on any atom is 0.165 e. The average Bonchev–Trinajstić information content (AvgIpc) is 2.84. The molecule has 0 aliphatic carbocycles. The third kappa shape index (κ3) is 3.81. The third-order valence-corrected chi connectivity index (χ3v) is 2.95. The number of hydrogen-bond acceptors (Lipinski definition) is 3. The lowest BCUT2D eigenvalue weighted by molar-refractivity contribution is 0.386. The van der Waals surface area contributed by atoms with Gasteiger partial charge >= 0.3 is 0 Å². The Balaban J connectivity index is 2.01. The van der Waals surface area contributed by atoms with Crippen LogP contribution in [-0.2, 0) is 13.1 Å². The fraction of sp³-hybridized carbons (Fsp3) is 0.400. The first-order chi connectivity index (χ1) is 9.58. The van der Waals surface area contributed by atoms with Gasteiger partial charge in [0.25, 0.3) is 0 Å². The molecule has 0 unspecified atom stereocenters. The van der Waals surface area contributed by atoms with Crippen molar-refractivity contribution in [2.75, 3.05) is 7.11 Å². The summed E-state index contributed by atoms with van der Waals surface area (Å²) in [6, 6.07) is 7.35. The monoisotopic (exact) mass is 277 g/mol. The quantitative estimate of drug-likeness (QED) is 0.882. The molecule has 2 aromatic rings. The molecule has 1 aromatic heterocycles. The summed E-state index contributed by atoms with van der Waals surface area (Å²) in [6.07, 6.45) is 1.90. The predicted molar refractivity (Wildman–Crippen MR) is 76.3 cm³/mol. The second-order valence-corrected chi connectivity index (χ2v) is 5.01. The zero-order chi connectivity index (χ0) is 14.5. The highest BCUT2D eigenvalue weighted by Gasteiger charge is 2.05. The second-order valence-electron chi connectivity index (χ2n) is 5.01. The molecule has 108 valence electrons. The van der Waals surface area contributed by atoms with Crippen molar-refractivity contribution in [1.29, 1.82) is 0 Å². The first-order valence-electron chi connectivity index (χ1n) is 6.66. The molecule has 0 radical (unpaired) electrons. The van der Waals surface area contributed by atoms with Gasteiger partial charge in [0.1, 0.15) is 0 Å². The molecule has 2 rings (SSSR count). The number of halogens is 1. The van der Waals surface area contributed by atoms with Gasteiger partial charge in [-0.15, -0.1) is 0 Å². The number of hydrogen-bond donors (Lipinski definition) is 1. The number of benzene rings is 1. The molecule has 0 aliphatic heterocycles. The predicted octanol–water partition coefficient (Wildman–Crippen LogP) is 2.58. The summed E-state index contributed by atoms with van der Waals surface area (Å²) < 4.78 is 20.3. The number of aromatic nitrogens is 2. The van der Waals surface area contributed by atoms with Gasteiger partial charge in [-0.05, 0) is 23.8 Å². The molecular weight excluding hydrogens is 257 g/mol. The van der Waals surface area contributed by atoms with Crippen molar-refractivity contribution in [3.05, 3.63) is 47.5 Å². The molecule has 0 fully saturated rings. The number of ether oxygens (including phenoxy) is 1. The number of nitrogens with one attached hydrogen (secondary N) is 1. The van der Waals surface area contributed by atoms with Crippen molar-refractivity contribution >= 4 is 0 Å². The van der Waals surface area contributed by atoms with Crippen molar-refractivity contribution in [3.63, 3.8) is 0 Å². The normalized spacial score (nSPS) is 11.1. The van der Waals surface area contributed by atoms with E-state index in [9.17, 15) is 4.39 Å². The zero-order valence-electron chi connectivity index (χ0n) is 12.1. The smallest absolute Gasteiger partial charge is 0.165 e. The van der Waals surface area contributed by atoms with E-state index in [-0.39, 0.29) is 11.6 Å². The minimum Gasteiger partial charge on any atom is -0.494 e. The van der Waals surface area contributed by atoms with Gasteiger partial charge in [0, 0.05) is 18.8 Å². The van der Waals surface area contributed by atoms with Crippen LogP contribution in [-0.4, -0.2) is 22.9 Å². The van der Waals surface area contributed by atoms with E-state index in [1.165, 1.54) is 13.2 Å². The standard InChI is InChI=1S/C15H20FN3O/c1-11(2)17-9-13-6-7-19(18-13)10-12-4-5-15(20-3)14(16)8-12/h4-8,11,17H,9-10H2,1-3H3. The Morgan fingerprint density at radius 3 is 2.80 bits per heavy atom. The molecule has 0 saturated carbocycles. The first-order valence-corrected chi connectivity index (χ1v) is 6.66. The zero-order valence-corrected chi connectivity index (χ0v) is 12.1. The van der Waals surface area contributed by atoms with Crippen LogP contribution >= 0.6 is 0 Å². The highest BCUT2D eigenvalue weighted by molar-refractivity contribution is 5.29. The highest BCUT2D eigenvalue weighted by atomic mass is 19.1. The molecule has 4 nitrogen and oxygen atoms in total. The van der Waals surface area contributed by atoms with E-state index >= 15 is 0 Å². The van der Waals surface area contributed by atoms with Crippen LogP contribution in [0.2, 0.25) is 0 Å². The van der Waals surface area contributed by atoms with E-state index in [2.05, 4.69) is 24.3 Å². The molecular formula is C15H20FN3O. The van der Waals surface area contributed by atoms with Gasteiger partial charge in [0.05, 0.1) is 19.3 Å². The van der Waals surface area contributed by atoms with E-state index in [1.54, 1.807) is 10.7 Å². The van der Waals surface area contributed by atoms with Crippen molar-refractivity contribution in [2.24, 2.45) is 0 Å². The molecule has 0 saturated heterocycles. The van der Waals surface area contributed by atoms with Crippen LogP contribution in [0.25, 0.3) is 0 Å². The lowest BCUT2D eigenvalue weighted by Crippen LogP contribution is -2.22. The van der Waals surface area contributed by atoms with Crippen LogP contribution in [0.3, 0.4) is 0 Å². The number of rotatable bonds is 6. The Morgan fingerprint density at radius 1 is 1.35 bits per heavy atom. The van der Waals surface area contributed by atoms with E-state index in [4.69, 9.17) is 4.74 Å². The van der Waals surface area contributed by atoms with Crippen LogP contribution in [0.1, 0.15) is 25.1 Å². The van der Waals surface area contributed by atoms with E-state index < -0.39 is 0 Å². The van der Waals surface area contributed by atoms with E-state index in [1.807, 2.05) is 18.3 Å². The van der Waals surface area contributed by atoms with E-state index in [0.29, 0.717) is 12.6 Å². The fourth-order valence-electron chi connectivity index (χ4n) is 1.89. The minimum atomic E-state index is -0.348. The van der Waals surface area contributed by atoms with Gasteiger partial charge in [-0.2, -0.15) is 5.10 Å². The first kappa shape index (κ1) is 14.5. The lowest BCUT2D eigenvalue weighted by atomic mass is 10.2. The van der Waals surface area contributed by atoms with E-state index in [0.717, 1.165) is 17.8 Å². The lowest BCUT2D eigenvalue weighted by Gasteiger charge is -2.06. The summed E-state index contributed by atoms with van der Waals surface area (Å²) in [4.78, 5) is 0. The molecule has 0 spiro atoms. The summed E-state index contributed by atoms with van der Waals surface area (Å²) >= 11 is 0. The SMILES string of the molecule is COc1ccc(Cn2ccc(CNC(C)C)n2)cc1F. The van der Waals surface area contributed by atoms with Gasteiger partial charge < -0.3 is 10.1 Å². The molecule has 0 amide bonds. The van der Waals surface area contributed by atoms with Crippen molar-refractivity contribution in [2.45, 2.75) is 33.0 Å². The Bertz CT molecular complexity index is 566. The van der Waals surface area contributed by atoms with Crippen molar-refractivity contribution in [3.8, 4) is 5.75 Å². The van der Waals surface area contributed by atoms with Crippen molar-refractivity contribution in [1.82, 2.24) is 15.1 Å². The van der Waals surface area contributed by atoms with Gasteiger partial charge in [0.2, 0.25) is 0 Å². The van der Waals surface area contributed by atoms with Gasteiger partial charge in [-0.25, -0.2) is 4.39 Å². The number of methoxy groups -OCH3 is 1. The van der Waals surface area contributed by atoms with Crippen LogP contribution < -0.4 is 10.1 Å². The largest absolute Gasteiger partial charge is 0.494 e. The average molecular weight is 277 g/mol. The van der Waals surface area contributed by atoms with Gasteiger partial charge in [-0.1, -0.05) is 19.9 Å². The molecule has 1 aromatic carbocycles. The summed E-state index contributed by atoms with van der Waals surface area (Å²) in [7, 11) is 1.46. The minimum absolute atomic E-state index is 0.260. The highest BCUT2D eigenvalue weighted by Crippen LogP contribution is 2.18. The topological polar surface area (TPSA) is 39.1 Å². The summed E-state index contributed by atoms with van der Waals surface area (Å²) in [5.41, 5.74) is 1.84. The Morgan fingerprint density at radius 2 is 2.15 bits per heavy atom. The van der Waals surface area contributed by atoms with Crippen LogP contribution in [0.15, 0.2) is 30.5 Å². The Kier molecular flexibility index (Phi) is 4.74. The fourth-order valence-corrected chi connectivity index (χ4v) is 1.89. The molecule has 1 N–H and O–H groups in total. The second kappa shape index (κ2) is 6.52. The number of nitrogens with zero attached hydrogens (tertiary/aromatic N) is 2. The Hall–Kier alpha value is -1.88. The van der Waals surface area contributed by atoms with Crippen LogP contribution in [0.5, 0.6) is 5.75 Å². The molecule has 20 heavy (non-hydrogen) atoms. The Labute approximate surface area is 118 Å². The third-order valence-electron chi connectivity index (χ3n) is 2.95. The summed E-state index contributed by atoms with van der Waals surface area (Å²) in [6.45, 7) is 5.47. The summed E-state index contributed by atoms with van der Waals surface area (Å²) in [5.74, 6) is -0.0881. The molecule has 0 aliphatic rings. The molecule has 0 atom stereocenters. The van der Waals surface area contributed by atoms with Gasteiger partial charge in [-0.3, -0.25) is 4.68 Å². The van der Waals surface area contributed by atoms with Crippen LogP contribution in [0.4, 0.5) is 4.39 Å². The van der Waals surface area contributed by atoms with Crippen molar-refractivity contribution < 1.29 is 9.13 Å².